The molecular weight excluding hydrogens is 1620 g/mol. The highest BCUT2D eigenvalue weighted by molar-refractivity contribution is 7.33. The Morgan fingerprint density at radius 3 is 1.14 bits per heavy atom. The molecule has 2 aliphatic heterocycles. The minimum absolute atomic E-state index is 0.0110. The highest BCUT2D eigenvalue weighted by Crippen LogP contribution is 2.60. The Bertz CT molecular complexity index is 6550. The van der Waals surface area contributed by atoms with E-state index in [-0.39, 0.29) is 82.5 Å². The summed E-state index contributed by atoms with van der Waals surface area (Å²) in [5.41, 5.74) is 44.3. The summed E-state index contributed by atoms with van der Waals surface area (Å²) in [7, 11) is 0. The number of benzene rings is 10. The fourth-order valence-corrected chi connectivity index (χ4v) is 25.6. The average molecular weight is 1780 g/mol. The summed E-state index contributed by atoms with van der Waals surface area (Å²) < 4.78 is 4.26. The normalized spacial score (nSPS) is 18.4. The first-order chi connectivity index (χ1) is 60.3. The van der Waals surface area contributed by atoms with Gasteiger partial charge in [-0.15, -0.1) is 22.7 Å². The number of rotatable bonds is 8. The Hall–Kier alpha value is -8.62. The lowest BCUT2D eigenvalue weighted by Gasteiger charge is -2.46. The van der Waals surface area contributed by atoms with Gasteiger partial charge in [0, 0.05) is 75.8 Å². The molecule has 0 saturated heterocycles. The summed E-state index contributed by atoms with van der Waals surface area (Å²) in [5, 5.41) is 5.21. The Labute approximate surface area is 800 Å². The van der Waals surface area contributed by atoms with Crippen molar-refractivity contribution in [3.63, 3.8) is 0 Å². The van der Waals surface area contributed by atoms with E-state index in [4.69, 9.17) is 0 Å². The molecule has 10 aromatic carbocycles. The van der Waals surface area contributed by atoms with Gasteiger partial charge in [0.2, 0.25) is 0 Å². The maximum Gasteiger partial charge on any atom is 0.264 e. The summed E-state index contributed by atoms with van der Waals surface area (Å²) in [6.07, 6.45) is 9.56. The molecule has 0 spiro atoms. The van der Waals surface area contributed by atoms with Crippen molar-refractivity contribution in [3.05, 3.63) is 263 Å². The van der Waals surface area contributed by atoms with Crippen molar-refractivity contribution in [1.82, 2.24) is 0 Å². The number of aryl methyl sites for hydroxylation is 4. The van der Waals surface area contributed by atoms with Crippen molar-refractivity contribution in [2.75, 3.05) is 19.6 Å². The van der Waals surface area contributed by atoms with Gasteiger partial charge in [0.05, 0.1) is 22.7 Å². The molecule has 18 rings (SSSR count). The van der Waals surface area contributed by atoms with Gasteiger partial charge in [-0.05, 0) is 363 Å². The molecule has 0 unspecified atom stereocenters. The summed E-state index contributed by atoms with van der Waals surface area (Å²) >= 11 is 3.98. The maximum absolute atomic E-state index is 2.77. The monoisotopic (exact) mass is 1780 g/mol. The highest BCUT2D eigenvalue weighted by atomic mass is 32.1. The van der Waals surface area contributed by atoms with Gasteiger partial charge in [-0.25, -0.2) is 0 Å². The molecule has 4 aliphatic carbocycles. The van der Waals surface area contributed by atoms with Crippen molar-refractivity contribution in [2.45, 2.75) is 390 Å². The number of thiophene rings is 2. The zero-order chi connectivity index (χ0) is 95.4. The minimum Gasteiger partial charge on any atom is -0.311 e. The molecule has 0 N–H and O–H groups in total. The van der Waals surface area contributed by atoms with Crippen LogP contribution in [0.3, 0.4) is 0 Å². The van der Waals surface area contributed by atoms with E-state index in [1.807, 2.05) is 11.3 Å². The fraction of sp³-hybridized carbons (Fsp3) is 0.484. The van der Waals surface area contributed by atoms with Crippen LogP contribution in [0.25, 0.3) is 20.2 Å². The second-order valence-corrected chi connectivity index (χ2v) is 54.9. The largest absolute Gasteiger partial charge is 0.311 e. The van der Waals surface area contributed by atoms with Crippen LogP contribution in [0.15, 0.2) is 163 Å². The van der Waals surface area contributed by atoms with Crippen molar-refractivity contribution in [1.29, 1.82) is 0 Å². The van der Waals surface area contributed by atoms with E-state index >= 15 is 0 Å². The lowest BCUT2D eigenvalue weighted by molar-refractivity contribution is 0.332. The summed E-state index contributed by atoms with van der Waals surface area (Å²) in [4.78, 5) is 10.7. The van der Waals surface area contributed by atoms with Gasteiger partial charge in [0.1, 0.15) is 0 Å². The lowest BCUT2D eigenvalue weighted by Crippen LogP contribution is -2.60. The molecule has 7 heteroatoms. The van der Waals surface area contributed by atoms with Gasteiger partial charge in [0.15, 0.2) is 0 Å². The van der Waals surface area contributed by atoms with Crippen molar-refractivity contribution < 1.29 is 0 Å². The molecule has 12 aromatic rings. The van der Waals surface area contributed by atoms with E-state index in [2.05, 4.69) is 457 Å². The molecule has 131 heavy (non-hydrogen) atoms. The summed E-state index contributed by atoms with van der Waals surface area (Å²) in [6, 6.07) is 64.9. The van der Waals surface area contributed by atoms with Crippen molar-refractivity contribution in [2.24, 2.45) is 0 Å². The average Bonchev–Trinajstić information content (AvgIpc) is 1.63. The van der Waals surface area contributed by atoms with Gasteiger partial charge in [-0.3, -0.25) is 0 Å². The number of hydrogen-bond acceptors (Lipinski definition) is 6. The van der Waals surface area contributed by atoms with Gasteiger partial charge in [-0.1, -0.05) is 296 Å². The first kappa shape index (κ1) is 94.2. The molecule has 0 radical (unpaired) electrons. The Kier molecular flexibility index (Phi) is 22.3. The van der Waals surface area contributed by atoms with Crippen LogP contribution in [0.2, 0.25) is 0 Å². The second kappa shape index (κ2) is 31.0. The maximum atomic E-state index is 2.77. The van der Waals surface area contributed by atoms with E-state index in [0.717, 1.165) is 0 Å². The zero-order valence-corrected chi connectivity index (χ0v) is 89.6. The molecule has 4 nitrogen and oxygen atoms in total. The number of hydrogen-bond donors (Lipinski definition) is 0. The molecule has 0 amide bonds. The zero-order valence-electron chi connectivity index (χ0n) is 87.9. The predicted octanol–water partition coefficient (Wildman–Crippen LogP) is 35.2. The molecule has 0 bridgehead atoms. The number of fused-ring (bicyclic) bond motifs is 11. The molecule has 0 atom stereocenters. The molecule has 4 heterocycles. The minimum atomic E-state index is -0.119. The van der Waals surface area contributed by atoms with Gasteiger partial charge >= 0.3 is 0 Å². The van der Waals surface area contributed by atoms with E-state index in [1.165, 1.54) is 256 Å². The third-order valence-electron chi connectivity index (χ3n) is 32.8. The lowest BCUT2D eigenvalue weighted by atomic mass is 9.36. The van der Waals surface area contributed by atoms with Gasteiger partial charge < -0.3 is 19.6 Å². The van der Waals surface area contributed by atoms with E-state index < -0.39 is 0 Å². The standard InChI is InChI=1S/C62H77BN2S.C62H80N2S/c1-36-28-39(57(6,7)8)29-37(2)53(36)65-48-23-20-38(56(3,4)5)30-47(48)63-52-49(31-40(32-50(52)65)58(9,10)11)64(41-21-22-43-44(33-41)60(14,15)25-24-59(43,12)13)54-42-34-45-46(35-51(42)66-55(54)63)62(18,19)27-26-61(45,16)17;1-39-30-42(57(6,7)8)31-40(2)55(39)64(44-22-20-41(21-23-44)56(3,4)5)47-33-43(58(9,10)11)32-46(34-47)63(45-24-25-49-50(35-45)60(14,15)27-26-59(49,12)13)53-38-65-54-37-52-51(36-48(53)54)61(16,17)28-29-62(52,18)19/h20-23,28-35H,24-27H2,1-19H3;20-25,30-38H,26-29H2,1-19H3. The van der Waals surface area contributed by atoms with Crippen LogP contribution in [-0.2, 0) is 75.8 Å². The SMILES string of the molecule is Cc1cc(C(C)(C)C)cc(C)c1N(c1ccc(C(C)(C)C)cc1)c1cc(N(c2ccc3c(c2)C(C)(C)CCC3(C)C)c2csc3cc4c(cc23)C(C)(C)CCC4(C)C)cc(C(C)(C)C)c1.Cc1cc(C(C)(C)C)cc(C)c1N1c2ccc(C(C)(C)C)cc2B2c3sc4cc5c(cc4c3N(c3ccc4c(c3)C(C)(C)CCC4(C)C)c3cc(C(C)(C)C)cc1c32)C(C)(C)CCC5(C)C. The molecule has 6 aliphatic rings. The van der Waals surface area contributed by atoms with Crippen LogP contribution in [0.4, 0.5) is 68.2 Å². The molecular formula is C124H157BN4S2. The topological polar surface area (TPSA) is 13.0 Å². The van der Waals surface area contributed by atoms with Crippen LogP contribution in [0, 0.1) is 27.7 Å². The first-order valence-corrected chi connectivity index (χ1v) is 51.5. The van der Waals surface area contributed by atoms with Crippen molar-refractivity contribution >= 4 is 134 Å². The molecule has 0 fully saturated rings. The number of nitrogens with zero attached hydrogens (tertiary/aromatic N) is 4. The van der Waals surface area contributed by atoms with E-state index in [1.54, 1.807) is 0 Å². The second-order valence-electron chi connectivity index (χ2n) is 52.9. The Balaban J connectivity index is 0.000000183. The summed E-state index contributed by atoms with van der Waals surface area (Å²) in [5.74, 6) is 0. The third-order valence-corrected chi connectivity index (χ3v) is 34.9. The fourth-order valence-electron chi connectivity index (χ4n) is 23.3. The number of anilines is 12. The van der Waals surface area contributed by atoms with Crippen LogP contribution in [0.5, 0.6) is 0 Å². The predicted molar refractivity (Wildman–Crippen MR) is 579 cm³/mol. The van der Waals surface area contributed by atoms with Crippen LogP contribution in [-0.4, -0.2) is 6.71 Å². The van der Waals surface area contributed by atoms with Crippen LogP contribution in [0.1, 0.15) is 387 Å². The molecule has 0 saturated carbocycles. The van der Waals surface area contributed by atoms with E-state index in [9.17, 15) is 0 Å². The molecule has 2 aromatic heterocycles. The van der Waals surface area contributed by atoms with Gasteiger partial charge in [-0.2, -0.15) is 0 Å². The third kappa shape index (κ3) is 16.3. The first-order valence-electron chi connectivity index (χ1n) is 49.8. The Morgan fingerprint density at radius 1 is 0.290 bits per heavy atom. The molecule has 688 valence electrons. The highest BCUT2D eigenvalue weighted by Gasteiger charge is 2.50. The van der Waals surface area contributed by atoms with E-state index in [0.29, 0.717) is 0 Å². The van der Waals surface area contributed by atoms with Crippen LogP contribution < -0.4 is 35.3 Å². The van der Waals surface area contributed by atoms with Crippen LogP contribution >= 0.6 is 22.7 Å². The summed E-state index contributed by atoms with van der Waals surface area (Å²) in [6.45, 7) is 91.3. The van der Waals surface area contributed by atoms with Crippen molar-refractivity contribution in [3.8, 4) is 0 Å². The quantitative estimate of drug-likeness (QED) is 0.141. The van der Waals surface area contributed by atoms with Gasteiger partial charge in [0.25, 0.3) is 6.71 Å². The Morgan fingerprint density at radius 2 is 0.664 bits per heavy atom. The smallest absolute Gasteiger partial charge is 0.264 e.